The van der Waals surface area contributed by atoms with Crippen LogP contribution in [0.25, 0.3) is 11.3 Å². The molecule has 1 aromatic heterocycles. The molecular formula is C20H19N3O2S. The largest absolute Gasteiger partial charge is 0.313 e. The topological polar surface area (TPSA) is 60.4 Å². The second kappa shape index (κ2) is 6.53. The number of nitro benzene ring substituents is 1. The molecule has 0 spiro atoms. The predicted molar refractivity (Wildman–Crippen MR) is 104 cm³/mol. The van der Waals surface area contributed by atoms with Gasteiger partial charge in [0, 0.05) is 23.6 Å². The Labute approximate surface area is 155 Å². The minimum Gasteiger partial charge on any atom is -0.313 e. The Morgan fingerprint density at radius 1 is 1.15 bits per heavy atom. The lowest BCUT2D eigenvalue weighted by Crippen LogP contribution is -2.14. The van der Waals surface area contributed by atoms with E-state index in [2.05, 4.69) is 29.9 Å². The molecule has 2 aromatic carbocycles. The molecule has 5 nitrogen and oxygen atoms in total. The Kier molecular flexibility index (Phi) is 4.20. The van der Waals surface area contributed by atoms with Gasteiger partial charge in [-0.1, -0.05) is 12.1 Å². The van der Waals surface area contributed by atoms with Crippen molar-refractivity contribution in [2.75, 3.05) is 0 Å². The van der Waals surface area contributed by atoms with E-state index in [4.69, 9.17) is 4.99 Å². The van der Waals surface area contributed by atoms with Crippen molar-refractivity contribution in [3.8, 4) is 11.3 Å². The van der Waals surface area contributed by atoms with E-state index in [-0.39, 0.29) is 10.6 Å². The van der Waals surface area contributed by atoms with Gasteiger partial charge in [-0.3, -0.25) is 10.1 Å². The SMILES string of the molecule is Cc1cccc(N=c2scc(-c3ccc([N+](=O)[O-])cc3)n2C2CC2)c1C. The molecule has 0 N–H and O–H groups in total. The molecule has 0 aliphatic heterocycles. The van der Waals surface area contributed by atoms with E-state index in [1.807, 2.05) is 24.3 Å². The van der Waals surface area contributed by atoms with Gasteiger partial charge in [0.2, 0.25) is 0 Å². The normalized spacial score (nSPS) is 14.6. The third-order valence-corrected chi connectivity index (χ3v) is 5.66. The van der Waals surface area contributed by atoms with Crippen LogP contribution in [0.1, 0.15) is 30.0 Å². The van der Waals surface area contributed by atoms with Crippen LogP contribution >= 0.6 is 11.3 Å². The molecule has 6 heteroatoms. The minimum absolute atomic E-state index is 0.113. The highest BCUT2D eigenvalue weighted by Gasteiger charge is 2.27. The van der Waals surface area contributed by atoms with Gasteiger partial charge in [0.05, 0.1) is 16.3 Å². The molecule has 1 heterocycles. The predicted octanol–water partition coefficient (Wildman–Crippen LogP) is 5.31. The highest BCUT2D eigenvalue weighted by atomic mass is 32.1. The molecule has 1 fully saturated rings. The summed E-state index contributed by atoms with van der Waals surface area (Å²) in [6, 6.07) is 13.4. The number of aromatic nitrogens is 1. The maximum atomic E-state index is 10.9. The Hall–Kier alpha value is -2.73. The molecule has 0 amide bonds. The fourth-order valence-corrected chi connectivity index (χ4v) is 3.99. The van der Waals surface area contributed by atoms with Crippen molar-refractivity contribution in [2.45, 2.75) is 32.7 Å². The van der Waals surface area contributed by atoms with E-state index in [0.717, 1.165) is 34.6 Å². The van der Waals surface area contributed by atoms with Crippen LogP contribution in [-0.2, 0) is 0 Å². The average Bonchev–Trinajstić information content (AvgIpc) is 3.39. The van der Waals surface area contributed by atoms with Crippen LogP contribution < -0.4 is 4.80 Å². The van der Waals surface area contributed by atoms with Gasteiger partial charge in [0.15, 0.2) is 4.80 Å². The standard InChI is InChI=1S/C20H19N3O2S/c1-13-4-3-5-18(14(13)2)21-20-22(16-10-11-16)19(12-26-20)15-6-8-17(9-7-15)23(24)25/h3-9,12,16H,10-11H2,1-2H3. The first-order chi connectivity index (χ1) is 12.5. The molecule has 0 saturated heterocycles. The Morgan fingerprint density at radius 2 is 1.88 bits per heavy atom. The van der Waals surface area contributed by atoms with E-state index in [1.54, 1.807) is 23.5 Å². The summed E-state index contributed by atoms with van der Waals surface area (Å²) >= 11 is 1.62. The van der Waals surface area contributed by atoms with Gasteiger partial charge in [0.1, 0.15) is 0 Å². The Morgan fingerprint density at radius 3 is 2.54 bits per heavy atom. The first kappa shape index (κ1) is 16.7. The van der Waals surface area contributed by atoms with Crippen molar-refractivity contribution >= 4 is 22.7 Å². The molecule has 0 radical (unpaired) electrons. The van der Waals surface area contributed by atoms with E-state index in [1.165, 1.54) is 11.1 Å². The number of nitrogens with zero attached hydrogens (tertiary/aromatic N) is 3. The summed E-state index contributed by atoms with van der Waals surface area (Å²) in [5, 5.41) is 13.0. The van der Waals surface area contributed by atoms with Crippen LogP contribution in [-0.4, -0.2) is 9.49 Å². The van der Waals surface area contributed by atoms with Crippen LogP contribution in [0.5, 0.6) is 0 Å². The lowest BCUT2D eigenvalue weighted by molar-refractivity contribution is -0.384. The molecule has 1 aliphatic rings. The zero-order chi connectivity index (χ0) is 18.3. The monoisotopic (exact) mass is 365 g/mol. The van der Waals surface area contributed by atoms with Crippen LogP contribution in [0, 0.1) is 24.0 Å². The van der Waals surface area contributed by atoms with Gasteiger partial charge in [-0.05, 0) is 61.6 Å². The van der Waals surface area contributed by atoms with Crippen molar-refractivity contribution in [3.05, 3.63) is 73.9 Å². The zero-order valence-electron chi connectivity index (χ0n) is 14.7. The second-order valence-corrected chi connectivity index (χ2v) is 7.48. The van der Waals surface area contributed by atoms with E-state index >= 15 is 0 Å². The molecule has 132 valence electrons. The highest BCUT2D eigenvalue weighted by molar-refractivity contribution is 7.07. The molecule has 3 aromatic rings. The maximum absolute atomic E-state index is 10.9. The second-order valence-electron chi connectivity index (χ2n) is 6.64. The minimum atomic E-state index is -0.367. The van der Waals surface area contributed by atoms with Crippen molar-refractivity contribution < 1.29 is 4.92 Å². The van der Waals surface area contributed by atoms with E-state index in [0.29, 0.717) is 6.04 Å². The van der Waals surface area contributed by atoms with Crippen molar-refractivity contribution in [1.29, 1.82) is 0 Å². The van der Waals surface area contributed by atoms with Crippen LogP contribution in [0.4, 0.5) is 11.4 Å². The molecule has 0 unspecified atom stereocenters. The van der Waals surface area contributed by atoms with Gasteiger partial charge in [0.25, 0.3) is 5.69 Å². The molecule has 1 saturated carbocycles. The molecular weight excluding hydrogens is 346 g/mol. The summed E-state index contributed by atoms with van der Waals surface area (Å²) < 4.78 is 2.29. The van der Waals surface area contributed by atoms with Gasteiger partial charge < -0.3 is 4.57 Å². The van der Waals surface area contributed by atoms with Crippen LogP contribution in [0.3, 0.4) is 0 Å². The quantitative estimate of drug-likeness (QED) is 0.465. The third kappa shape index (κ3) is 3.08. The number of benzene rings is 2. The lowest BCUT2D eigenvalue weighted by Gasteiger charge is -2.08. The summed E-state index contributed by atoms with van der Waals surface area (Å²) in [7, 11) is 0. The van der Waals surface area contributed by atoms with Crippen molar-refractivity contribution in [3.63, 3.8) is 0 Å². The number of nitro groups is 1. The molecule has 0 bridgehead atoms. The average molecular weight is 365 g/mol. The number of hydrogen-bond acceptors (Lipinski definition) is 4. The maximum Gasteiger partial charge on any atom is 0.269 e. The Bertz CT molecular complexity index is 1040. The number of aryl methyl sites for hydroxylation is 1. The fraction of sp³-hybridized carbons (Fsp3) is 0.250. The number of hydrogen-bond donors (Lipinski definition) is 0. The van der Waals surface area contributed by atoms with Crippen LogP contribution in [0.15, 0.2) is 52.8 Å². The first-order valence-electron chi connectivity index (χ1n) is 8.60. The summed E-state index contributed by atoms with van der Waals surface area (Å²) in [5.74, 6) is 0. The van der Waals surface area contributed by atoms with Gasteiger partial charge in [-0.2, -0.15) is 0 Å². The summed E-state index contributed by atoms with van der Waals surface area (Å²) in [5.41, 5.74) is 5.60. The van der Waals surface area contributed by atoms with Crippen molar-refractivity contribution in [1.82, 2.24) is 4.57 Å². The van der Waals surface area contributed by atoms with E-state index in [9.17, 15) is 10.1 Å². The smallest absolute Gasteiger partial charge is 0.269 e. The van der Waals surface area contributed by atoms with Gasteiger partial charge in [-0.15, -0.1) is 11.3 Å². The summed E-state index contributed by atoms with van der Waals surface area (Å²) in [6.07, 6.45) is 2.30. The molecule has 26 heavy (non-hydrogen) atoms. The van der Waals surface area contributed by atoms with Crippen molar-refractivity contribution in [2.24, 2.45) is 4.99 Å². The third-order valence-electron chi connectivity index (χ3n) is 4.82. The summed E-state index contributed by atoms with van der Waals surface area (Å²) in [6.45, 7) is 4.19. The molecule has 1 aliphatic carbocycles. The zero-order valence-corrected chi connectivity index (χ0v) is 15.5. The van der Waals surface area contributed by atoms with E-state index < -0.39 is 0 Å². The molecule has 4 rings (SSSR count). The fourth-order valence-electron chi connectivity index (χ4n) is 3.01. The number of non-ortho nitro benzene ring substituents is 1. The lowest BCUT2D eigenvalue weighted by atomic mass is 10.1. The first-order valence-corrected chi connectivity index (χ1v) is 9.48. The number of thiazole rings is 1. The van der Waals surface area contributed by atoms with Gasteiger partial charge >= 0.3 is 0 Å². The molecule has 0 atom stereocenters. The summed E-state index contributed by atoms with van der Waals surface area (Å²) in [4.78, 5) is 16.4. The highest BCUT2D eigenvalue weighted by Crippen LogP contribution is 2.38. The number of rotatable bonds is 4. The Balaban J connectivity index is 1.82. The van der Waals surface area contributed by atoms with Crippen LogP contribution in [0.2, 0.25) is 0 Å². The van der Waals surface area contributed by atoms with Gasteiger partial charge in [-0.25, -0.2) is 4.99 Å².